The maximum atomic E-state index is 4.47. The van der Waals surface area contributed by atoms with Crippen LogP contribution in [0.2, 0.25) is 0 Å². The van der Waals surface area contributed by atoms with Gasteiger partial charge in [-0.25, -0.2) is 0 Å². The van der Waals surface area contributed by atoms with E-state index in [0.717, 1.165) is 0 Å². The second-order valence-electron chi connectivity index (χ2n) is 3.80. The van der Waals surface area contributed by atoms with Gasteiger partial charge in [0.2, 0.25) is 0 Å². The maximum absolute atomic E-state index is 4.47. The first-order valence-corrected chi connectivity index (χ1v) is 4.93. The van der Waals surface area contributed by atoms with E-state index in [-0.39, 0.29) is 0 Å². The van der Waals surface area contributed by atoms with E-state index in [1.165, 1.54) is 36.2 Å². The first-order valence-electron chi connectivity index (χ1n) is 4.93. The second kappa shape index (κ2) is 3.14. The molecule has 0 aromatic carbocycles. The van der Waals surface area contributed by atoms with E-state index >= 15 is 0 Å². The van der Waals surface area contributed by atoms with E-state index in [1.54, 1.807) is 0 Å². The van der Waals surface area contributed by atoms with Gasteiger partial charge in [0.1, 0.15) is 0 Å². The zero-order valence-corrected chi connectivity index (χ0v) is 8.59. The van der Waals surface area contributed by atoms with Crippen LogP contribution in [-0.2, 0) is 13.5 Å². The van der Waals surface area contributed by atoms with Crippen LogP contribution >= 0.6 is 0 Å². The highest BCUT2D eigenvalue weighted by molar-refractivity contribution is 5.31. The molecule has 1 aliphatic rings. The summed E-state index contributed by atoms with van der Waals surface area (Å²) in [5.74, 6) is 0. The van der Waals surface area contributed by atoms with Crippen molar-refractivity contribution in [2.45, 2.75) is 32.2 Å². The minimum atomic E-state index is 0.525. The smallest absolute Gasteiger partial charge is 0.0644 e. The molecule has 0 fully saturated rings. The van der Waals surface area contributed by atoms with Crippen LogP contribution in [-0.4, -0.2) is 16.8 Å². The number of fused-ring (bicyclic) bond motifs is 1. The highest BCUT2D eigenvalue weighted by Crippen LogP contribution is 2.31. The molecule has 2 rings (SSSR count). The Bertz CT molecular complexity index is 314. The summed E-state index contributed by atoms with van der Waals surface area (Å²) < 4.78 is 2.04. The quantitative estimate of drug-likeness (QED) is 0.704. The Labute approximate surface area is 79.1 Å². The third-order valence-electron chi connectivity index (χ3n) is 2.99. The summed E-state index contributed by atoms with van der Waals surface area (Å²) in [5, 5.41) is 7.83. The minimum Gasteiger partial charge on any atom is -0.313 e. The highest BCUT2D eigenvalue weighted by atomic mass is 15.3. The Morgan fingerprint density at radius 3 is 3.00 bits per heavy atom. The molecule has 0 aliphatic heterocycles. The van der Waals surface area contributed by atoms with E-state index in [1.807, 2.05) is 18.8 Å². The van der Waals surface area contributed by atoms with Crippen LogP contribution < -0.4 is 5.32 Å². The number of aryl methyl sites for hydroxylation is 2. The topological polar surface area (TPSA) is 29.9 Å². The third-order valence-corrected chi connectivity index (χ3v) is 2.99. The number of hydrogen-bond donors (Lipinski definition) is 1. The largest absolute Gasteiger partial charge is 0.313 e. The zero-order chi connectivity index (χ0) is 9.42. The number of nitrogens with one attached hydrogen (secondary N) is 1. The zero-order valence-electron chi connectivity index (χ0n) is 8.59. The predicted octanol–water partition coefficient (Wildman–Crippen LogP) is 1.33. The fraction of sp³-hybridized carbons (Fsp3) is 0.700. The van der Waals surface area contributed by atoms with Gasteiger partial charge in [-0.1, -0.05) is 0 Å². The van der Waals surface area contributed by atoms with Crippen molar-refractivity contribution in [3.63, 3.8) is 0 Å². The van der Waals surface area contributed by atoms with Gasteiger partial charge in [0.15, 0.2) is 0 Å². The fourth-order valence-corrected chi connectivity index (χ4v) is 2.38. The van der Waals surface area contributed by atoms with E-state index in [4.69, 9.17) is 0 Å². The molecule has 0 saturated heterocycles. The van der Waals surface area contributed by atoms with Crippen LogP contribution in [0.5, 0.6) is 0 Å². The monoisotopic (exact) mass is 179 g/mol. The van der Waals surface area contributed by atoms with Crippen LogP contribution in [0.25, 0.3) is 0 Å². The Kier molecular flexibility index (Phi) is 2.12. The maximum Gasteiger partial charge on any atom is 0.0644 e. The lowest BCUT2D eigenvalue weighted by atomic mass is 9.91. The molecule has 1 heterocycles. The van der Waals surface area contributed by atoms with Crippen molar-refractivity contribution in [2.75, 3.05) is 7.05 Å². The molecule has 1 atom stereocenters. The van der Waals surface area contributed by atoms with Gasteiger partial charge in [-0.15, -0.1) is 0 Å². The molecular weight excluding hydrogens is 162 g/mol. The molecule has 1 aromatic heterocycles. The lowest BCUT2D eigenvalue weighted by Gasteiger charge is -2.22. The molecular formula is C10H17N3. The van der Waals surface area contributed by atoms with Crippen molar-refractivity contribution in [1.82, 2.24) is 15.1 Å². The standard InChI is InChI=1S/C10H17N3/c1-7-10-8(11-2)5-4-6-9(10)13(3)12-7/h8,11H,4-6H2,1-3H3. The molecule has 3 heteroatoms. The summed E-state index contributed by atoms with van der Waals surface area (Å²) in [5.41, 5.74) is 4.05. The summed E-state index contributed by atoms with van der Waals surface area (Å²) in [4.78, 5) is 0. The second-order valence-corrected chi connectivity index (χ2v) is 3.80. The summed E-state index contributed by atoms with van der Waals surface area (Å²) in [7, 11) is 4.08. The summed E-state index contributed by atoms with van der Waals surface area (Å²) in [6.07, 6.45) is 3.71. The van der Waals surface area contributed by atoms with E-state index in [2.05, 4.69) is 17.3 Å². The van der Waals surface area contributed by atoms with Crippen LogP contribution in [0.15, 0.2) is 0 Å². The van der Waals surface area contributed by atoms with Gasteiger partial charge in [0.25, 0.3) is 0 Å². The van der Waals surface area contributed by atoms with Crippen LogP contribution in [0.3, 0.4) is 0 Å². The Balaban J connectivity index is 2.48. The van der Waals surface area contributed by atoms with Crippen molar-refractivity contribution < 1.29 is 0 Å². The third kappa shape index (κ3) is 1.27. The van der Waals surface area contributed by atoms with Crippen LogP contribution in [0.4, 0.5) is 0 Å². The lowest BCUT2D eigenvalue weighted by molar-refractivity contribution is 0.485. The van der Waals surface area contributed by atoms with Gasteiger partial charge in [-0.2, -0.15) is 5.10 Å². The van der Waals surface area contributed by atoms with Crippen molar-refractivity contribution >= 4 is 0 Å². The van der Waals surface area contributed by atoms with Gasteiger partial charge in [-0.3, -0.25) is 4.68 Å². The molecule has 13 heavy (non-hydrogen) atoms. The molecule has 0 spiro atoms. The van der Waals surface area contributed by atoms with Crippen molar-refractivity contribution in [3.05, 3.63) is 17.0 Å². The summed E-state index contributed by atoms with van der Waals surface area (Å²) in [6, 6.07) is 0.525. The molecule has 1 aliphatic carbocycles. The number of aromatic nitrogens is 2. The average molecular weight is 179 g/mol. The molecule has 0 bridgehead atoms. The number of rotatable bonds is 1. The molecule has 1 aromatic rings. The van der Waals surface area contributed by atoms with Gasteiger partial charge in [0.05, 0.1) is 5.69 Å². The van der Waals surface area contributed by atoms with E-state index in [0.29, 0.717) is 6.04 Å². The van der Waals surface area contributed by atoms with Crippen LogP contribution in [0.1, 0.15) is 35.8 Å². The number of hydrogen-bond acceptors (Lipinski definition) is 2. The number of nitrogens with zero attached hydrogens (tertiary/aromatic N) is 2. The average Bonchev–Trinajstić information content (AvgIpc) is 2.43. The van der Waals surface area contributed by atoms with Crippen molar-refractivity contribution in [1.29, 1.82) is 0 Å². The Hall–Kier alpha value is -0.830. The van der Waals surface area contributed by atoms with Gasteiger partial charge < -0.3 is 5.32 Å². The molecule has 1 N–H and O–H groups in total. The summed E-state index contributed by atoms with van der Waals surface area (Å²) in [6.45, 7) is 2.11. The van der Waals surface area contributed by atoms with Crippen molar-refractivity contribution in [3.8, 4) is 0 Å². The van der Waals surface area contributed by atoms with Crippen molar-refractivity contribution in [2.24, 2.45) is 7.05 Å². The molecule has 72 valence electrons. The van der Waals surface area contributed by atoms with Gasteiger partial charge in [0, 0.05) is 24.3 Å². The molecule has 0 radical (unpaired) electrons. The van der Waals surface area contributed by atoms with Crippen LogP contribution in [0, 0.1) is 6.92 Å². The SMILES string of the molecule is CNC1CCCc2c1c(C)nn2C. The molecule has 1 unspecified atom stereocenters. The fourth-order valence-electron chi connectivity index (χ4n) is 2.38. The molecule has 3 nitrogen and oxygen atoms in total. The molecule has 0 saturated carbocycles. The van der Waals surface area contributed by atoms with E-state index < -0.39 is 0 Å². The van der Waals surface area contributed by atoms with Gasteiger partial charge in [-0.05, 0) is 33.2 Å². The minimum absolute atomic E-state index is 0.525. The first kappa shape index (κ1) is 8.75. The first-order chi connectivity index (χ1) is 6.24. The normalized spacial score (nSPS) is 21.6. The lowest BCUT2D eigenvalue weighted by Crippen LogP contribution is -2.22. The Morgan fingerprint density at radius 2 is 2.31 bits per heavy atom. The predicted molar refractivity (Wildman–Crippen MR) is 52.7 cm³/mol. The molecule has 0 amide bonds. The highest BCUT2D eigenvalue weighted by Gasteiger charge is 2.24. The summed E-state index contributed by atoms with van der Waals surface area (Å²) >= 11 is 0. The van der Waals surface area contributed by atoms with Gasteiger partial charge >= 0.3 is 0 Å². The van der Waals surface area contributed by atoms with E-state index in [9.17, 15) is 0 Å². The Morgan fingerprint density at radius 1 is 1.54 bits per heavy atom.